The summed E-state index contributed by atoms with van der Waals surface area (Å²) >= 11 is 0. The van der Waals surface area contributed by atoms with E-state index in [-0.39, 0.29) is 11.5 Å². The first kappa shape index (κ1) is 25.9. The van der Waals surface area contributed by atoms with Crippen LogP contribution in [0.1, 0.15) is 5.56 Å². The van der Waals surface area contributed by atoms with Crippen LogP contribution in [0.5, 0.6) is 0 Å². The number of fused-ring (bicyclic) bond motifs is 1. The lowest BCUT2D eigenvalue weighted by Crippen LogP contribution is -2.49. The average Bonchev–Trinajstić information content (AvgIpc) is 2.93. The minimum absolute atomic E-state index is 0.0317. The van der Waals surface area contributed by atoms with E-state index in [9.17, 15) is 9.59 Å². The molecule has 1 aromatic carbocycles. The summed E-state index contributed by atoms with van der Waals surface area (Å²) in [6.45, 7) is 14.0. The van der Waals surface area contributed by atoms with Crippen LogP contribution < -0.4 is 15.8 Å². The van der Waals surface area contributed by atoms with E-state index in [2.05, 4.69) is 63.7 Å². The lowest BCUT2D eigenvalue weighted by molar-refractivity contribution is -0.127. The molecule has 1 amide bonds. The molecule has 0 atom stereocenters. The van der Waals surface area contributed by atoms with Gasteiger partial charge >= 0.3 is 0 Å². The molecular formula is C28H36N8O2. The van der Waals surface area contributed by atoms with E-state index in [1.165, 1.54) is 17.3 Å². The normalized spacial score (nSPS) is 17.1. The minimum Gasteiger partial charge on any atom is -0.369 e. The first-order valence-electron chi connectivity index (χ1n) is 13.2. The van der Waals surface area contributed by atoms with Crippen molar-refractivity contribution in [1.82, 2.24) is 29.2 Å². The fraction of sp³-hybridized carbons (Fsp3) is 0.429. The number of rotatable bonds is 7. The molecule has 0 aliphatic carbocycles. The first-order valence-corrected chi connectivity index (χ1v) is 13.2. The van der Waals surface area contributed by atoms with Gasteiger partial charge in [0, 0.05) is 94.5 Å². The Labute approximate surface area is 223 Å². The van der Waals surface area contributed by atoms with Gasteiger partial charge in [-0.1, -0.05) is 6.58 Å². The molecule has 2 fully saturated rings. The third-order valence-electron chi connectivity index (χ3n) is 7.52. The minimum atomic E-state index is -0.0880. The number of hydrogen-bond acceptors (Lipinski definition) is 8. The van der Waals surface area contributed by atoms with Crippen molar-refractivity contribution in [3.8, 4) is 0 Å². The monoisotopic (exact) mass is 516 g/mol. The fourth-order valence-corrected chi connectivity index (χ4v) is 5.17. The summed E-state index contributed by atoms with van der Waals surface area (Å²) in [4.78, 5) is 42.7. The van der Waals surface area contributed by atoms with Crippen LogP contribution in [0.3, 0.4) is 0 Å². The number of nitrogens with zero attached hydrogens (tertiary/aromatic N) is 7. The average molecular weight is 517 g/mol. The Hall–Kier alpha value is -3.76. The van der Waals surface area contributed by atoms with Crippen LogP contribution in [0.25, 0.3) is 11.0 Å². The number of carbonyl (C=O) groups is 1. The second-order valence-corrected chi connectivity index (χ2v) is 10.1. The molecule has 5 rings (SSSR count). The number of likely N-dealkylation sites (N-methyl/N-ethyl adjacent to an activating group) is 1. The first-order chi connectivity index (χ1) is 18.4. The zero-order chi connectivity index (χ0) is 26.6. The standard InChI is InChI=1S/C28H36N8O2/c1-4-25(37)35-16-11-33(12-17-35)13-18-36-26(38)8-5-22-20-29-28(31-27(22)36)30-23-6-7-24(21(2)19-23)34-14-9-32(3)10-15-34/h4-8,19-20H,1,9-18H2,2-3H3,(H,29,30,31). The lowest BCUT2D eigenvalue weighted by Gasteiger charge is -2.35. The van der Waals surface area contributed by atoms with Crippen LogP contribution in [-0.2, 0) is 11.3 Å². The number of piperazine rings is 2. The number of pyridine rings is 1. The Morgan fingerprint density at radius 1 is 1.03 bits per heavy atom. The number of hydrogen-bond donors (Lipinski definition) is 1. The summed E-state index contributed by atoms with van der Waals surface area (Å²) in [6.07, 6.45) is 3.12. The van der Waals surface area contributed by atoms with E-state index in [4.69, 9.17) is 4.98 Å². The number of anilines is 3. The van der Waals surface area contributed by atoms with Gasteiger partial charge in [-0.05, 0) is 49.9 Å². The SMILES string of the molecule is C=CC(=O)N1CCN(CCn2c(=O)ccc3cnc(Nc4ccc(N5CCN(C)CC5)c(C)c4)nc32)CC1. The third kappa shape index (κ3) is 5.71. The predicted octanol–water partition coefficient (Wildman–Crippen LogP) is 1.93. The van der Waals surface area contributed by atoms with Crippen LogP contribution in [0.2, 0.25) is 0 Å². The highest BCUT2D eigenvalue weighted by atomic mass is 16.2. The zero-order valence-corrected chi connectivity index (χ0v) is 22.3. The molecule has 3 aromatic rings. The molecule has 0 radical (unpaired) electrons. The van der Waals surface area contributed by atoms with E-state index < -0.39 is 0 Å². The lowest BCUT2D eigenvalue weighted by atomic mass is 10.1. The van der Waals surface area contributed by atoms with Crippen molar-refractivity contribution >= 4 is 34.3 Å². The second-order valence-electron chi connectivity index (χ2n) is 10.1. The molecule has 2 aliphatic rings. The van der Waals surface area contributed by atoms with Crippen molar-refractivity contribution < 1.29 is 4.79 Å². The maximum absolute atomic E-state index is 12.8. The summed E-state index contributed by atoms with van der Waals surface area (Å²) in [5.74, 6) is 0.427. The van der Waals surface area contributed by atoms with Gasteiger partial charge in [0.05, 0.1) is 0 Å². The van der Waals surface area contributed by atoms with Crippen molar-refractivity contribution in [3.63, 3.8) is 0 Å². The maximum atomic E-state index is 12.8. The van der Waals surface area contributed by atoms with Crippen molar-refractivity contribution in [1.29, 1.82) is 0 Å². The summed E-state index contributed by atoms with van der Waals surface area (Å²) in [7, 11) is 2.16. The third-order valence-corrected chi connectivity index (χ3v) is 7.52. The smallest absolute Gasteiger partial charge is 0.252 e. The molecule has 2 aliphatic heterocycles. The Morgan fingerprint density at radius 3 is 2.50 bits per heavy atom. The molecule has 38 heavy (non-hydrogen) atoms. The van der Waals surface area contributed by atoms with Crippen LogP contribution >= 0.6 is 0 Å². The van der Waals surface area contributed by atoms with Gasteiger partial charge in [0.15, 0.2) is 0 Å². The molecule has 1 N–H and O–H groups in total. The summed E-state index contributed by atoms with van der Waals surface area (Å²) in [5, 5.41) is 4.14. The largest absolute Gasteiger partial charge is 0.369 e. The summed E-state index contributed by atoms with van der Waals surface area (Å²) < 4.78 is 1.71. The number of aromatic nitrogens is 3. The van der Waals surface area contributed by atoms with Crippen LogP contribution in [0, 0.1) is 6.92 Å². The fourth-order valence-electron chi connectivity index (χ4n) is 5.17. The molecule has 2 saturated heterocycles. The number of nitrogens with one attached hydrogen (secondary N) is 1. The van der Waals surface area contributed by atoms with Gasteiger partial charge in [0.1, 0.15) is 5.65 Å². The molecule has 0 unspecified atom stereocenters. The number of benzene rings is 1. The van der Waals surface area contributed by atoms with E-state index in [0.717, 1.165) is 50.3 Å². The molecule has 0 bridgehead atoms. The van der Waals surface area contributed by atoms with E-state index in [1.807, 2.05) is 0 Å². The Morgan fingerprint density at radius 2 is 1.79 bits per heavy atom. The number of carbonyl (C=O) groups excluding carboxylic acids is 1. The van der Waals surface area contributed by atoms with Gasteiger partial charge in [0.25, 0.3) is 5.56 Å². The zero-order valence-electron chi connectivity index (χ0n) is 22.3. The highest BCUT2D eigenvalue weighted by Crippen LogP contribution is 2.26. The molecule has 0 spiro atoms. The number of amides is 1. The summed E-state index contributed by atoms with van der Waals surface area (Å²) in [5.41, 5.74) is 3.89. The highest BCUT2D eigenvalue weighted by Gasteiger charge is 2.20. The van der Waals surface area contributed by atoms with Crippen molar-refractivity contribution in [2.75, 3.05) is 76.2 Å². The molecule has 2 aromatic heterocycles. The molecular weight excluding hydrogens is 480 g/mol. The summed E-state index contributed by atoms with van der Waals surface area (Å²) in [6, 6.07) is 9.67. The maximum Gasteiger partial charge on any atom is 0.252 e. The highest BCUT2D eigenvalue weighted by molar-refractivity contribution is 5.87. The Balaban J connectivity index is 1.29. The molecule has 0 saturated carbocycles. The van der Waals surface area contributed by atoms with Gasteiger partial charge in [-0.2, -0.15) is 4.98 Å². The molecule has 10 heteroatoms. The molecule has 10 nitrogen and oxygen atoms in total. The van der Waals surface area contributed by atoms with Crippen molar-refractivity contribution in [2.45, 2.75) is 13.5 Å². The topological polar surface area (TPSA) is 89.8 Å². The molecule has 4 heterocycles. The van der Waals surface area contributed by atoms with Crippen LogP contribution in [-0.4, -0.2) is 101 Å². The van der Waals surface area contributed by atoms with Crippen LogP contribution in [0.4, 0.5) is 17.3 Å². The van der Waals surface area contributed by atoms with Gasteiger partial charge in [-0.15, -0.1) is 0 Å². The van der Waals surface area contributed by atoms with E-state index in [0.29, 0.717) is 37.8 Å². The van der Waals surface area contributed by atoms with E-state index in [1.54, 1.807) is 27.8 Å². The van der Waals surface area contributed by atoms with Gasteiger partial charge in [-0.3, -0.25) is 19.1 Å². The molecule has 200 valence electrons. The second kappa shape index (κ2) is 11.3. The van der Waals surface area contributed by atoms with Crippen molar-refractivity contribution in [3.05, 3.63) is 65.1 Å². The number of aryl methyl sites for hydroxylation is 1. The van der Waals surface area contributed by atoms with Gasteiger partial charge in [-0.25, -0.2) is 4.98 Å². The van der Waals surface area contributed by atoms with Crippen molar-refractivity contribution in [2.24, 2.45) is 0 Å². The van der Waals surface area contributed by atoms with Gasteiger partial charge < -0.3 is 20.0 Å². The van der Waals surface area contributed by atoms with E-state index >= 15 is 0 Å². The quantitative estimate of drug-likeness (QED) is 0.477. The Kier molecular flexibility index (Phi) is 7.71. The van der Waals surface area contributed by atoms with Gasteiger partial charge in [0.2, 0.25) is 11.9 Å². The van der Waals surface area contributed by atoms with Crippen LogP contribution in [0.15, 0.2) is 54.0 Å². The Bertz CT molecular complexity index is 1370. The predicted molar refractivity (Wildman–Crippen MR) is 151 cm³/mol.